The Bertz CT molecular complexity index is 743. The zero-order chi connectivity index (χ0) is 15.8. The van der Waals surface area contributed by atoms with Crippen molar-refractivity contribution < 1.29 is 9.53 Å². The Labute approximate surface area is 139 Å². The van der Waals surface area contributed by atoms with Crippen molar-refractivity contribution in [1.29, 1.82) is 0 Å². The van der Waals surface area contributed by atoms with Crippen LogP contribution in [0.1, 0.15) is 39.8 Å². The molecule has 1 aromatic carbocycles. The standard InChI is InChI=1S/C17H18ClN3O2/c18-13-6-2-1-4-11(13)15-10-21(8-9-23-15)17(22)16-12-5-3-7-14(12)19-20-16/h1-2,4,6,15H,3,5,7-10H2,(H,19,20)/t15-/m1/s1. The molecule has 1 fully saturated rings. The minimum atomic E-state index is -0.187. The van der Waals surface area contributed by atoms with E-state index in [-0.39, 0.29) is 12.0 Å². The molecular formula is C17H18ClN3O2. The lowest BCUT2D eigenvalue weighted by atomic mass is 10.1. The number of aromatic nitrogens is 2. The molecule has 1 aliphatic heterocycles. The molecule has 2 aliphatic rings. The van der Waals surface area contributed by atoms with Gasteiger partial charge in [0, 0.05) is 28.4 Å². The van der Waals surface area contributed by atoms with Crippen molar-refractivity contribution in [2.45, 2.75) is 25.4 Å². The van der Waals surface area contributed by atoms with E-state index in [0.29, 0.717) is 30.4 Å². The molecule has 0 spiro atoms. The zero-order valence-corrected chi connectivity index (χ0v) is 13.5. The van der Waals surface area contributed by atoms with E-state index in [9.17, 15) is 4.79 Å². The molecule has 6 heteroatoms. The first-order chi connectivity index (χ1) is 11.2. The van der Waals surface area contributed by atoms with Crippen LogP contribution < -0.4 is 0 Å². The van der Waals surface area contributed by atoms with Crippen LogP contribution in [0.3, 0.4) is 0 Å². The Morgan fingerprint density at radius 2 is 2.22 bits per heavy atom. The van der Waals surface area contributed by atoms with Crippen molar-refractivity contribution in [2.24, 2.45) is 0 Å². The molecule has 1 atom stereocenters. The third-order valence-electron chi connectivity index (χ3n) is 4.61. The predicted molar refractivity (Wildman–Crippen MR) is 86.7 cm³/mol. The normalized spacial score (nSPS) is 20.6. The van der Waals surface area contributed by atoms with Crippen LogP contribution in [-0.2, 0) is 17.6 Å². The van der Waals surface area contributed by atoms with Gasteiger partial charge in [-0.15, -0.1) is 0 Å². The molecule has 0 bridgehead atoms. The van der Waals surface area contributed by atoms with Crippen LogP contribution in [0.25, 0.3) is 0 Å². The Morgan fingerprint density at radius 1 is 1.35 bits per heavy atom. The first kappa shape index (κ1) is 14.7. The number of nitrogens with zero attached hydrogens (tertiary/aromatic N) is 2. The molecular weight excluding hydrogens is 314 g/mol. The molecule has 2 heterocycles. The molecule has 0 unspecified atom stereocenters. The molecule has 1 N–H and O–H groups in total. The second-order valence-corrected chi connectivity index (χ2v) is 6.42. The van der Waals surface area contributed by atoms with Crippen molar-refractivity contribution in [3.63, 3.8) is 0 Å². The fourth-order valence-corrected chi connectivity index (χ4v) is 3.66. The number of morpholine rings is 1. The fourth-order valence-electron chi connectivity index (χ4n) is 3.40. The number of nitrogens with one attached hydrogen (secondary N) is 1. The molecule has 1 aromatic heterocycles. The summed E-state index contributed by atoms with van der Waals surface area (Å²) in [7, 11) is 0. The van der Waals surface area contributed by atoms with Crippen LogP contribution in [0.2, 0.25) is 5.02 Å². The number of halogens is 1. The van der Waals surface area contributed by atoms with Crippen molar-refractivity contribution in [1.82, 2.24) is 15.1 Å². The Balaban J connectivity index is 1.55. The summed E-state index contributed by atoms with van der Waals surface area (Å²) < 4.78 is 5.83. The van der Waals surface area contributed by atoms with E-state index >= 15 is 0 Å². The van der Waals surface area contributed by atoms with Gasteiger partial charge in [-0.1, -0.05) is 29.8 Å². The molecule has 1 aliphatic carbocycles. The Hall–Kier alpha value is -1.85. The number of aryl methyl sites for hydroxylation is 1. The first-order valence-corrected chi connectivity index (χ1v) is 8.33. The second-order valence-electron chi connectivity index (χ2n) is 6.01. The van der Waals surface area contributed by atoms with Crippen LogP contribution in [-0.4, -0.2) is 40.7 Å². The third kappa shape index (κ3) is 2.64. The smallest absolute Gasteiger partial charge is 0.274 e. The number of H-pyrrole nitrogens is 1. The van der Waals surface area contributed by atoms with E-state index in [1.165, 1.54) is 0 Å². The second kappa shape index (κ2) is 5.98. The van der Waals surface area contributed by atoms with E-state index in [1.54, 1.807) is 0 Å². The quantitative estimate of drug-likeness (QED) is 0.920. The van der Waals surface area contributed by atoms with E-state index in [1.807, 2.05) is 29.2 Å². The number of hydrogen-bond acceptors (Lipinski definition) is 3. The highest BCUT2D eigenvalue weighted by atomic mass is 35.5. The monoisotopic (exact) mass is 331 g/mol. The minimum absolute atomic E-state index is 0.00949. The van der Waals surface area contributed by atoms with Gasteiger partial charge in [0.2, 0.25) is 0 Å². The van der Waals surface area contributed by atoms with Crippen LogP contribution in [0.5, 0.6) is 0 Å². The SMILES string of the molecule is O=C(c1n[nH]c2c1CCC2)N1CCO[C@@H](c2ccccc2Cl)C1. The highest BCUT2D eigenvalue weighted by Crippen LogP contribution is 2.30. The zero-order valence-electron chi connectivity index (χ0n) is 12.7. The van der Waals surface area contributed by atoms with Crippen molar-refractivity contribution >= 4 is 17.5 Å². The topological polar surface area (TPSA) is 58.2 Å². The largest absolute Gasteiger partial charge is 0.370 e. The van der Waals surface area contributed by atoms with Gasteiger partial charge in [0.05, 0.1) is 13.2 Å². The van der Waals surface area contributed by atoms with Gasteiger partial charge in [-0.2, -0.15) is 5.10 Å². The summed E-state index contributed by atoms with van der Waals surface area (Å²) in [5, 5.41) is 7.93. The highest BCUT2D eigenvalue weighted by molar-refractivity contribution is 6.31. The Morgan fingerprint density at radius 3 is 3.09 bits per heavy atom. The molecule has 23 heavy (non-hydrogen) atoms. The maximum atomic E-state index is 12.8. The Kier molecular flexibility index (Phi) is 3.83. The highest BCUT2D eigenvalue weighted by Gasteiger charge is 2.31. The lowest BCUT2D eigenvalue weighted by Crippen LogP contribution is -2.42. The number of carbonyl (C=O) groups is 1. The lowest BCUT2D eigenvalue weighted by Gasteiger charge is -2.33. The van der Waals surface area contributed by atoms with Crippen LogP contribution in [0.4, 0.5) is 0 Å². The molecule has 2 aromatic rings. The average Bonchev–Trinajstić information content (AvgIpc) is 3.18. The van der Waals surface area contributed by atoms with Gasteiger partial charge >= 0.3 is 0 Å². The van der Waals surface area contributed by atoms with E-state index in [0.717, 1.165) is 36.1 Å². The summed E-state index contributed by atoms with van der Waals surface area (Å²) in [6, 6.07) is 7.63. The van der Waals surface area contributed by atoms with Gasteiger partial charge < -0.3 is 9.64 Å². The van der Waals surface area contributed by atoms with Crippen molar-refractivity contribution in [2.75, 3.05) is 19.7 Å². The number of aromatic amines is 1. The summed E-state index contributed by atoms with van der Waals surface area (Å²) in [6.07, 6.45) is 2.83. The van der Waals surface area contributed by atoms with Crippen molar-refractivity contribution in [3.05, 3.63) is 51.8 Å². The molecule has 5 nitrogen and oxygen atoms in total. The molecule has 1 saturated heterocycles. The summed E-state index contributed by atoms with van der Waals surface area (Å²) in [5.41, 5.74) is 3.72. The molecule has 120 valence electrons. The van der Waals surface area contributed by atoms with Gasteiger partial charge in [0.15, 0.2) is 5.69 Å². The van der Waals surface area contributed by atoms with Gasteiger partial charge in [0.25, 0.3) is 5.91 Å². The number of amides is 1. The summed E-state index contributed by atoms with van der Waals surface area (Å²) in [5.74, 6) is -0.00949. The minimum Gasteiger partial charge on any atom is -0.370 e. The average molecular weight is 332 g/mol. The summed E-state index contributed by atoms with van der Waals surface area (Å²) in [4.78, 5) is 14.7. The van der Waals surface area contributed by atoms with Gasteiger partial charge in [-0.3, -0.25) is 9.89 Å². The van der Waals surface area contributed by atoms with Gasteiger partial charge in [-0.25, -0.2) is 0 Å². The summed E-state index contributed by atoms with van der Waals surface area (Å²) >= 11 is 6.26. The van der Waals surface area contributed by atoms with E-state index < -0.39 is 0 Å². The number of ether oxygens (including phenoxy) is 1. The van der Waals surface area contributed by atoms with E-state index in [4.69, 9.17) is 16.3 Å². The number of carbonyl (C=O) groups excluding carboxylic acids is 1. The van der Waals surface area contributed by atoms with Crippen molar-refractivity contribution in [3.8, 4) is 0 Å². The third-order valence-corrected chi connectivity index (χ3v) is 4.96. The summed E-state index contributed by atoms with van der Waals surface area (Å²) in [6.45, 7) is 1.60. The fraction of sp³-hybridized carbons (Fsp3) is 0.412. The van der Waals surface area contributed by atoms with Crippen LogP contribution in [0.15, 0.2) is 24.3 Å². The number of fused-ring (bicyclic) bond motifs is 1. The van der Waals surface area contributed by atoms with Gasteiger partial charge in [-0.05, 0) is 25.3 Å². The molecule has 4 rings (SSSR count). The predicted octanol–water partition coefficient (Wildman–Crippen LogP) is 2.77. The lowest BCUT2D eigenvalue weighted by molar-refractivity contribution is -0.0230. The van der Waals surface area contributed by atoms with E-state index in [2.05, 4.69) is 10.2 Å². The molecule has 1 amide bonds. The van der Waals surface area contributed by atoms with Gasteiger partial charge in [0.1, 0.15) is 6.10 Å². The maximum Gasteiger partial charge on any atom is 0.274 e. The maximum absolute atomic E-state index is 12.8. The van der Waals surface area contributed by atoms with Crippen LogP contribution >= 0.6 is 11.6 Å². The number of rotatable bonds is 2. The number of benzene rings is 1. The molecule has 0 radical (unpaired) electrons. The van der Waals surface area contributed by atoms with Crippen LogP contribution in [0, 0.1) is 0 Å². The molecule has 0 saturated carbocycles. The first-order valence-electron chi connectivity index (χ1n) is 7.95. The number of hydrogen-bond donors (Lipinski definition) is 1.